The van der Waals surface area contributed by atoms with Crippen molar-refractivity contribution in [1.29, 1.82) is 0 Å². The number of piperazine rings is 1. The van der Waals surface area contributed by atoms with Gasteiger partial charge in [0, 0.05) is 32.2 Å². The topological polar surface area (TPSA) is 15.3 Å². The Bertz CT molecular complexity index is 539. The van der Waals surface area contributed by atoms with Crippen molar-refractivity contribution < 1.29 is 17.6 Å². The zero-order valence-corrected chi connectivity index (χ0v) is 16.2. The second-order valence-electron chi connectivity index (χ2n) is 6.86. The van der Waals surface area contributed by atoms with E-state index in [4.69, 9.17) is 0 Å². The van der Waals surface area contributed by atoms with Gasteiger partial charge in [-0.25, -0.2) is 4.39 Å². The minimum Gasteiger partial charge on any atom is -0.314 e. The summed E-state index contributed by atoms with van der Waals surface area (Å²) in [6.45, 7) is 3.03. The summed E-state index contributed by atoms with van der Waals surface area (Å²) in [5.74, 6) is -0.614. The number of nitrogens with one attached hydrogen (secondary N) is 1. The van der Waals surface area contributed by atoms with Crippen LogP contribution in [0, 0.1) is 11.7 Å². The summed E-state index contributed by atoms with van der Waals surface area (Å²) in [5, 5.41) is 3.25. The van der Waals surface area contributed by atoms with Crippen LogP contribution in [-0.2, 0) is 6.18 Å². The average Bonchev–Trinajstić information content (AvgIpc) is 2.57. The molecule has 1 saturated carbocycles. The highest BCUT2D eigenvalue weighted by Crippen LogP contribution is 2.43. The molecular weight excluding hydrogens is 391 g/mol. The van der Waals surface area contributed by atoms with E-state index < -0.39 is 17.6 Å². The van der Waals surface area contributed by atoms with Crippen molar-refractivity contribution in [3.63, 3.8) is 0 Å². The van der Waals surface area contributed by atoms with Crippen LogP contribution in [0.2, 0.25) is 0 Å². The van der Waals surface area contributed by atoms with Crippen molar-refractivity contribution in [3.05, 3.63) is 35.1 Å². The van der Waals surface area contributed by atoms with Crippen LogP contribution < -0.4 is 5.32 Å². The number of benzene rings is 1. The number of halogens is 6. The van der Waals surface area contributed by atoms with Crippen molar-refractivity contribution in [3.8, 4) is 0 Å². The molecule has 1 saturated heterocycles. The van der Waals surface area contributed by atoms with E-state index in [9.17, 15) is 17.6 Å². The van der Waals surface area contributed by atoms with Crippen molar-refractivity contribution >= 4 is 24.8 Å². The smallest absolute Gasteiger partial charge is 0.314 e. The summed E-state index contributed by atoms with van der Waals surface area (Å²) >= 11 is 0. The normalized spacial score (nSPS) is 20.8. The first-order chi connectivity index (χ1) is 11.5. The average molecular weight is 417 g/mol. The van der Waals surface area contributed by atoms with E-state index >= 15 is 0 Å². The van der Waals surface area contributed by atoms with Gasteiger partial charge in [-0.05, 0) is 36.5 Å². The number of hydrogen-bond acceptors (Lipinski definition) is 2. The maximum Gasteiger partial charge on any atom is 0.416 e. The molecule has 2 fully saturated rings. The predicted molar refractivity (Wildman–Crippen MR) is 99.7 cm³/mol. The van der Waals surface area contributed by atoms with Gasteiger partial charge in [-0.3, -0.25) is 4.90 Å². The number of nitrogens with zero attached hydrogens (tertiary/aromatic N) is 1. The first-order valence-electron chi connectivity index (χ1n) is 8.78. The van der Waals surface area contributed by atoms with Gasteiger partial charge in [0.15, 0.2) is 0 Å². The molecule has 2 aliphatic rings. The van der Waals surface area contributed by atoms with Crippen LogP contribution in [0.3, 0.4) is 0 Å². The molecule has 0 amide bonds. The lowest BCUT2D eigenvalue weighted by atomic mass is 9.79. The number of alkyl halides is 3. The van der Waals surface area contributed by atoms with E-state index in [1.165, 1.54) is 12.1 Å². The molecule has 3 rings (SSSR count). The maximum atomic E-state index is 13.5. The molecule has 0 aromatic heterocycles. The Morgan fingerprint density at radius 2 is 1.62 bits per heavy atom. The highest BCUT2D eigenvalue weighted by atomic mass is 35.5. The molecule has 8 heteroatoms. The molecule has 0 unspecified atom stereocenters. The van der Waals surface area contributed by atoms with Gasteiger partial charge in [0.2, 0.25) is 0 Å². The molecule has 1 atom stereocenters. The van der Waals surface area contributed by atoms with Crippen LogP contribution in [0.4, 0.5) is 17.6 Å². The zero-order valence-electron chi connectivity index (χ0n) is 14.5. The molecule has 1 heterocycles. The van der Waals surface area contributed by atoms with Crippen molar-refractivity contribution in [2.75, 3.05) is 26.2 Å². The maximum absolute atomic E-state index is 13.5. The third kappa shape index (κ3) is 5.47. The summed E-state index contributed by atoms with van der Waals surface area (Å²) in [7, 11) is 0. The zero-order chi connectivity index (χ0) is 17.2. The molecule has 0 bridgehead atoms. The Labute approximate surface area is 164 Å². The van der Waals surface area contributed by atoms with Crippen molar-refractivity contribution in [1.82, 2.24) is 10.2 Å². The van der Waals surface area contributed by atoms with Crippen LogP contribution in [0.15, 0.2) is 18.2 Å². The minimum atomic E-state index is -4.53. The molecule has 1 aliphatic carbocycles. The summed E-state index contributed by atoms with van der Waals surface area (Å²) < 4.78 is 54.1. The SMILES string of the molecule is Cl.Cl.Fc1ccc([C@H](C2CCCCC2)N2CCNCC2)c(C(F)(F)F)c1. The summed E-state index contributed by atoms with van der Waals surface area (Å²) in [4.78, 5) is 2.16. The third-order valence-electron chi connectivity index (χ3n) is 5.28. The van der Waals surface area contributed by atoms with Crippen LogP contribution in [0.25, 0.3) is 0 Å². The second kappa shape index (κ2) is 10.1. The summed E-state index contributed by atoms with van der Waals surface area (Å²) in [6, 6.07) is 2.92. The van der Waals surface area contributed by atoms with E-state index in [1.807, 2.05) is 0 Å². The van der Waals surface area contributed by atoms with Gasteiger partial charge in [0.05, 0.1) is 5.56 Å². The van der Waals surface area contributed by atoms with Crippen molar-refractivity contribution in [2.24, 2.45) is 5.92 Å². The van der Waals surface area contributed by atoms with Crippen LogP contribution in [-0.4, -0.2) is 31.1 Å². The van der Waals surface area contributed by atoms with E-state index in [-0.39, 0.29) is 42.3 Å². The summed E-state index contributed by atoms with van der Waals surface area (Å²) in [6.07, 6.45) is 0.650. The van der Waals surface area contributed by atoms with E-state index in [0.717, 1.165) is 58.3 Å². The van der Waals surface area contributed by atoms with Gasteiger partial charge in [-0.1, -0.05) is 25.3 Å². The second-order valence-corrected chi connectivity index (χ2v) is 6.86. The van der Waals surface area contributed by atoms with Gasteiger partial charge in [-0.15, -0.1) is 24.8 Å². The first-order valence-corrected chi connectivity index (χ1v) is 8.78. The molecule has 1 aliphatic heterocycles. The molecular formula is C18H26Cl2F4N2. The molecule has 1 aromatic carbocycles. The van der Waals surface area contributed by atoms with Crippen molar-refractivity contribution in [2.45, 2.75) is 44.3 Å². The lowest BCUT2D eigenvalue weighted by Crippen LogP contribution is -2.47. The number of rotatable bonds is 3. The third-order valence-corrected chi connectivity index (χ3v) is 5.28. The quantitative estimate of drug-likeness (QED) is 0.679. The molecule has 0 radical (unpaired) electrons. The first kappa shape index (κ1) is 23.5. The Balaban J connectivity index is 0.00000169. The largest absolute Gasteiger partial charge is 0.416 e. The lowest BCUT2D eigenvalue weighted by Gasteiger charge is -2.42. The Hall–Kier alpha value is -0.560. The fourth-order valence-corrected chi connectivity index (χ4v) is 4.19. The van der Waals surface area contributed by atoms with Crippen LogP contribution in [0.1, 0.15) is 49.3 Å². The standard InChI is InChI=1S/C18H24F4N2.2ClH/c19-14-6-7-15(16(12-14)18(20,21)22)17(13-4-2-1-3-5-13)24-10-8-23-9-11-24;;/h6-7,12-13,17,23H,1-5,8-11H2;2*1H/t17-;;/m0../s1. The van der Waals surface area contributed by atoms with Crippen LogP contribution >= 0.6 is 24.8 Å². The Kier molecular flexibility index (Phi) is 9.13. The molecule has 26 heavy (non-hydrogen) atoms. The minimum absolute atomic E-state index is 0. The highest BCUT2D eigenvalue weighted by Gasteiger charge is 2.39. The fraction of sp³-hybridized carbons (Fsp3) is 0.667. The fourth-order valence-electron chi connectivity index (χ4n) is 4.19. The van der Waals surface area contributed by atoms with Gasteiger partial charge in [-0.2, -0.15) is 13.2 Å². The van der Waals surface area contributed by atoms with Crippen LogP contribution in [0.5, 0.6) is 0 Å². The van der Waals surface area contributed by atoms with Gasteiger partial charge in [0.1, 0.15) is 5.82 Å². The number of hydrogen-bond donors (Lipinski definition) is 1. The molecule has 150 valence electrons. The van der Waals surface area contributed by atoms with Gasteiger partial charge < -0.3 is 5.32 Å². The summed E-state index contributed by atoms with van der Waals surface area (Å²) in [5.41, 5.74) is -0.561. The van der Waals surface area contributed by atoms with E-state index in [0.29, 0.717) is 6.07 Å². The van der Waals surface area contributed by atoms with Gasteiger partial charge >= 0.3 is 6.18 Å². The molecule has 1 N–H and O–H groups in total. The molecule has 2 nitrogen and oxygen atoms in total. The van der Waals surface area contributed by atoms with E-state index in [2.05, 4.69) is 10.2 Å². The monoisotopic (exact) mass is 416 g/mol. The predicted octanol–water partition coefficient (Wildman–Crippen LogP) is 5.21. The van der Waals surface area contributed by atoms with E-state index in [1.54, 1.807) is 0 Å². The molecule has 1 aromatic rings. The highest BCUT2D eigenvalue weighted by molar-refractivity contribution is 5.85. The van der Waals surface area contributed by atoms with Gasteiger partial charge in [0.25, 0.3) is 0 Å². The lowest BCUT2D eigenvalue weighted by molar-refractivity contribution is -0.139. The Morgan fingerprint density at radius 3 is 2.19 bits per heavy atom. The molecule has 0 spiro atoms. The Morgan fingerprint density at radius 1 is 1.00 bits per heavy atom.